The number of nitrogens with one attached hydrogen (secondary N) is 1. The summed E-state index contributed by atoms with van der Waals surface area (Å²) in [5.74, 6) is 0.434. The fourth-order valence-corrected chi connectivity index (χ4v) is 2.39. The molecule has 0 aliphatic carbocycles. The van der Waals surface area contributed by atoms with Gasteiger partial charge in [-0.1, -0.05) is 6.92 Å². The van der Waals surface area contributed by atoms with E-state index in [0.29, 0.717) is 17.8 Å². The van der Waals surface area contributed by atoms with Crippen molar-refractivity contribution in [2.75, 3.05) is 43.9 Å². The van der Waals surface area contributed by atoms with Crippen LogP contribution < -0.4 is 10.2 Å². The van der Waals surface area contributed by atoms with Crippen LogP contribution in [-0.4, -0.2) is 54.6 Å². The molecule has 19 heavy (non-hydrogen) atoms. The van der Waals surface area contributed by atoms with Crippen molar-refractivity contribution in [1.82, 2.24) is 14.9 Å². The molecule has 1 unspecified atom stereocenters. The van der Waals surface area contributed by atoms with Crippen LogP contribution >= 0.6 is 0 Å². The fourth-order valence-electron chi connectivity index (χ4n) is 2.39. The van der Waals surface area contributed by atoms with E-state index in [4.69, 9.17) is 0 Å². The predicted octanol–water partition coefficient (Wildman–Crippen LogP) is 1.58. The predicted molar refractivity (Wildman–Crippen MR) is 75.1 cm³/mol. The Labute approximate surface area is 113 Å². The first-order valence-corrected chi connectivity index (χ1v) is 6.79. The van der Waals surface area contributed by atoms with Crippen LogP contribution in [0.15, 0.2) is 6.20 Å². The van der Waals surface area contributed by atoms with Gasteiger partial charge in [-0.3, -0.25) is 0 Å². The molecule has 1 aromatic heterocycles. The van der Waals surface area contributed by atoms with Crippen molar-refractivity contribution in [3.8, 4) is 0 Å². The molecule has 2 heterocycles. The van der Waals surface area contributed by atoms with Gasteiger partial charge in [0.2, 0.25) is 5.95 Å². The number of nitrogens with zero attached hydrogens (tertiary/aromatic N) is 4. The third-order valence-electron chi connectivity index (χ3n) is 3.29. The molecule has 0 bridgehead atoms. The number of aromatic nitrogens is 2. The molecule has 2 rings (SSSR count). The normalized spacial score (nSPS) is 19.7. The third-order valence-corrected chi connectivity index (χ3v) is 3.29. The van der Waals surface area contributed by atoms with Gasteiger partial charge in [-0.05, 0) is 19.4 Å². The molecule has 0 aromatic carbocycles. The Kier molecular flexibility index (Phi) is 4.52. The van der Waals surface area contributed by atoms with Crippen molar-refractivity contribution in [1.29, 1.82) is 0 Å². The smallest absolute Gasteiger partial charge is 0.225 e. The summed E-state index contributed by atoms with van der Waals surface area (Å²) in [5.41, 5.74) is 0. The Hall–Kier alpha value is -1.43. The number of hydrogen-bond acceptors (Lipinski definition) is 5. The standard InChI is InChI=1S/C13H22FN5/c1-4-6-19-7-5-10(9-19)16-13-15-8-11(14)12(17-13)18(2)3/h8,10H,4-7,9H2,1-3H3,(H,15,16,17). The third kappa shape index (κ3) is 3.53. The number of halogens is 1. The second-order valence-corrected chi connectivity index (χ2v) is 5.19. The van der Waals surface area contributed by atoms with E-state index in [0.717, 1.165) is 26.1 Å². The van der Waals surface area contributed by atoms with Crippen molar-refractivity contribution in [3.05, 3.63) is 12.0 Å². The lowest BCUT2D eigenvalue weighted by molar-refractivity contribution is 0.337. The highest BCUT2D eigenvalue weighted by Gasteiger charge is 2.22. The topological polar surface area (TPSA) is 44.3 Å². The summed E-state index contributed by atoms with van der Waals surface area (Å²) < 4.78 is 13.5. The summed E-state index contributed by atoms with van der Waals surface area (Å²) in [6.45, 7) is 5.43. The molecule has 106 valence electrons. The monoisotopic (exact) mass is 267 g/mol. The summed E-state index contributed by atoms with van der Waals surface area (Å²) >= 11 is 0. The maximum absolute atomic E-state index is 13.5. The van der Waals surface area contributed by atoms with E-state index in [-0.39, 0.29) is 0 Å². The first-order chi connectivity index (χ1) is 9.10. The number of rotatable bonds is 5. The Morgan fingerprint density at radius 1 is 1.53 bits per heavy atom. The van der Waals surface area contributed by atoms with Gasteiger partial charge in [-0.25, -0.2) is 9.37 Å². The van der Waals surface area contributed by atoms with Gasteiger partial charge in [0.15, 0.2) is 11.6 Å². The highest BCUT2D eigenvalue weighted by Crippen LogP contribution is 2.17. The van der Waals surface area contributed by atoms with Crippen LogP contribution in [0.25, 0.3) is 0 Å². The molecule has 0 amide bonds. The van der Waals surface area contributed by atoms with E-state index in [9.17, 15) is 4.39 Å². The SMILES string of the molecule is CCCN1CCC(Nc2ncc(F)c(N(C)C)n2)C1. The summed E-state index contributed by atoms with van der Waals surface area (Å²) in [7, 11) is 3.54. The van der Waals surface area contributed by atoms with Gasteiger partial charge in [-0.2, -0.15) is 4.98 Å². The van der Waals surface area contributed by atoms with Gasteiger partial charge in [0, 0.05) is 33.2 Å². The molecule has 0 radical (unpaired) electrons. The molecule has 1 aliphatic heterocycles. The maximum atomic E-state index is 13.5. The fraction of sp³-hybridized carbons (Fsp3) is 0.692. The van der Waals surface area contributed by atoms with E-state index in [2.05, 4.69) is 27.1 Å². The van der Waals surface area contributed by atoms with Crippen LogP contribution in [-0.2, 0) is 0 Å². The Morgan fingerprint density at radius 2 is 2.32 bits per heavy atom. The van der Waals surface area contributed by atoms with Gasteiger partial charge in [0.1, 0.15) is 0 Å². The van der Waals surface area contributed by atoms with E-state index in [1.165, 1.54) is 12.6 Å². The lowest BCUT2D eigenvalue weighted by Crippen LogP contribution is -2.27. The first kappa shape index (κ1) is 14.0. The zero-order valence-electron chi connectivity index (χ0n) is 11.9. The van der Waals surface area contributed by atoms with Crippen molar-refractivity contribution >= 4 is 11.8 Å². The summed E-state index contributed by atoms with van der Waals surface area (Å²) in [4.78, 5) is 12.3. The summed E-state index contributed by atoms with van der Waals surface area (Å²) in [5, 5.41) is 3.29. The average Bonchev–Trinajstić information content (AvgIpc) is 2.79. The van der Waals surface area contributed by atoms with Gasteiger partial charge >= 0.3 is 0 Å². The van der Waals surface area contributed by atoms with E-state index >= 15 is 0 Å². The molecule has 0 spiro atoms. The van der Waals surface area contributed by atoms with E-state index < -0.39 is 5.82 Å². The number of anilines is 2. The molecule has 1 atom stereocenters. The zero-order chi connectivity index (χ0) is 13.8. The largest absolute Gasteiger partial charge is 0.360 e. The summed E-state index contributed by atoms with van der Waals surface area (Å²) in [6, 6.07) is 0.354. The highest BCUT2D eigenvalue weighted by atomic mass is 19.1. The zero-order valence-corrected chi connectivity index (χ0v) is 11.9. The van der Waals surface area contributed by atoms with Crippen LogP contribution in [0.1, 0.15) is 19.8 Å². The van der Waals surface area contributed by atoms with Gasteiger partial charge in [0.05, 0.1) is 6.20 Å². The van der Waals surface area contributed by atoms with Crippen molar-refractivity contribution in [2.24, 2.45) is 0 Å². The van der Waals surface area contributed by atoms with Crippen LogP contribution in [0.5, 0.6) is 0 Å². The van der Waals surface area contributed by atoms with Crippen molar-refractivity contribution < 1.29 is 4.39 Å². The second kappa shape index (κ2) is 6.14. The molecule has 1 aliphatic rings. The Balaban J connectivity index is 1.98. The molecule has 1 fully saturated rings. The van der Waals surface area contributed by atoms with E-state index in [1.807, 2.05) is 0 Å². The Morgan fingerprint density at radius 3 is 3.00 bits per heavy atom. The summed E-state index contributed by atoms with van der Waals surface area (Å²) in [6.07, 6.45) is 3.48. The first-order valence-electron chi connectivity index (χ1n) is 6.79. The lowest BCUT2D eigenvalue weighted by atomic mass is 10.3. The van der Waals surface area contributed by atoms with Gasteiger partial charge < -0.3 is 15.1 Å². The van der Waals surface area contributed by atoms with E-state index in [1.54, 1.807) is 19.0 Å². The molecule has 1 saturated heterocycles. The molecular weight excluding hydrogens is 245 g/mol. The Bertz CT molecular complexity index is 423. The van der Waals surface area contributed by atoms with Crippen LogP contribution in [0, 0.1) is 5.82 Å². The molecule has 1 aromatic rings. The number of likely N-dealkylation sites (tertiary alicyclic amines) is 1. The molecule has 6 heteroatoms. The average molecular weight is 267 g/mol. The molecule has 1 N–H and O–H groups in total. The van der Waals surface area contributed by atoms with Crippen molar-refractivity contribution in [2.45, 2.75) is 25.8 Å². The minimum atomic E-state index is -0.394. The quantitative estimate of drug-likeness (QED) is 0.877. The lowest BCUT2D eigenvalue weighted by Gasteiger charge is -2.17. The van der Waals surface area contributed by atoms with Gasteiger partial charge in [0.25, 0.3) is 0 Å². The minimum Gasteiger partial charge on any atom is -0.360 e. The number of hydrogen-bond donors (Lipinski definition) is 1. The van der Waals surface area contributed by atoms with Crippen LogP contribution in [0.3, 0.4) is 0 Å². The van der Waals surface area contributed by atoms with Gasteiger partial charge in [-0.15, -0.1) is 0 Å². The molecule has 5 nitrogen and oxygen atoms in total. The van der Waals surface area contributed by atoms with Crippen molar-refractivity contribution in [3.63, 3.8) is 0 Å². The van der Waals surface area contributed by atoms with Crippen LogP contribution in [0.2, 0.25) is 0 Å². The minimum absolute atomic E-state index is 0.320. The highest BCUT2D eigenvalue weighted by molar-refractivity contribution is 5.42. The van der Waals surface area contributed by atoms with Crippen LogP contribution in [0.4, 0.5) is 16.2 Å². The maximum Gasteiger partial charge on any atom is 0.225 e. The molecule has 0 saturated carbocycles. The second-order valence-electron chi connectivity index (χ2n) is 5.19. The molecular formula is C13H22FN5.